The van der Waals surface area contributed by atoms with E-state index in [0.29, 0.717) is 0 Å². The molecule has 0 bridgehead atoms. The Morgan fingerprint density at radius 1 is 0.400 bits per heavy atom. The minimum Gasteiger partial charge on any atom is -0.477 e. The first-order valence-electron chi connectivity index (χ1n) is 8.00. The highest BCUT2D eigenvalue weighted by atomic mass is 19.4. The zero-order valence-corrected chi connectivity index (χ0v) is 16.8. The highest BCUT2D eigenvalue weighted by molar-refractivity contribution is 5.76. The second-order valence-electron chi connectivity index (χ2n) is 6.51. The predicted octanol–water partition coefficient (Wildman–Crippen LogP) is 6.78. The molecule has 0 amide bonds. The van der Waals surface area contributed by atoms with E-state index in [9.17, 15) is 106 Å². The molecule has 0 aliphatic rings. The van der Waals surface area contributed by atoms with Gasteiger partial charge in [-0.2, -0.15) is 101 Å². The fraction of sp³-hybridized carbons (Fsp3) is 0.917. The third-order valence-electron chi connectivity index (χ3n) is 3.65. The predicted molar refractivity (Wildman–Crippen MR) is 66.4 cm³/mol. The molecule has 1 N–H and O–H groups in total. The van der Waals surface area contributed by atoms with Crippen molar-refractivity contribution in [1.82, 2.24) is 0 Å². The topological polar surface area (TPSA) is 65.0 Å². The van der Waals surface area contributed by atoms with Gasteiger partial charge in [0, 0.05) is 0 Å². The van der Waals surface area contributed by atoms with Gasteiger partial charge < -0.3 is 5.11 Å². The number of halogens is 23. The zero-order chi connectivity index (χ0) is 33.2. The molecule has 240 valence electrons. The van der Waals surface area contributed by atoms with Crippen molar-refractivity contribution in [2.24, 2.45) is 0 Å². The zero-order valence-electron chi connectivity index (χ0n) is 16.8. The molecular formula is C12HF23O5. The number of carboxylic acids is 1. The highest BCUT2D eigenvalue weighted by Crippen LogP contribution is 2.59. The van der Waals surface area contributed by atoms with Crippen molar-refractivity contribution in [3.05, 3.63) is 0 Å². The van der Waals surface area contributed by atoms with Crippen molar-refractivity contribution in [3.8, 4) is 0 Å². The second-order valence-corrected chi connectivity index (χ2v) is 6.51. The lowest BCUT2D eigenvalue weighted by atomic mass is 10.2. The van der Waals surface area contributed by atoms with Crippen LogP contribution in [-0.4, -0.2) is 77.6 Å². The summed E-state index contributed by atoms with van der Waals surface area (Å²) in [6, 6.07) is 0. The Kier molecular flexibility index (Phi) is 9.10. The number of hydrogen-bond donors (Lipinski definition) is 1. The molecule has 0 aromatic rings. The molecule has 0 spiro atoms. The van der Waals surface area contributed by atoms with E-state index in [1.54, 1.807) is 0 Å². The first-order chi connectivity index (χ1) is 16.8. The van der Waals surface area contributed by atoms with E-state index in [1.165, 1.54) is 4.74 Å². The summed E-state index contributed by atoms with van der Waals surface area (Å²) in [5.74, 6) is -37.4. The maximum Gasteiger partial charge on any atom is 0.462 e. The summed E-state index contributed by atoms with van der Waals surface area (Å²) >= 11 is 0. The van der Waals surface area contributed by atoms with Gasteiger partial charge in [0.25, 0.3) is 0 Å². The van der Waals surface area contributed by atoms with E-state index >= 15 is 0 Å². The van der Waals surface area contributed by atoms with Crippen LogP contribution in [0.1, 0.15) is 0 Å². The van der Waals surface area contributed by atoms with Gasteiger partial charge in [-0.1, -0.05) is 0 Å². The van der Waals surface area contributed by atoms with Crippen molar-refractivity contribution in [2.75, 3.05) is 0 Å². The Balaban J connectivity index is 7.24. The average molecular weight is 662 g/mol. The summed E-state index contributed by atoms with van der Waals surface area (Å²) in [4.78, 5) is 10.2. The Morgan fingerprint density at radius 2 is 0.675 bits per heavy atom. The molecule has 0 fully saturated rings. The molecule has 0 saturated heterocycles. The van der Waals surface area contributed by atoms with E-state index in [-0.39, 0.29) is 0 Å². The summed E-state index contributed by atoms with van der Waals surface area (Å²) < 4.78 is 300. The van der Waals surface area contributed by atoms with Gasteiger partial charge in [0.2, 0.25) is 0 Å². The molecule has 0 aliphatic heterocycles. The van der Waals surface area contributed by atoms with Crippen LogP contribution in [0, 0.1) is 0 Å². The lowest BCUT2D eigenvalue weighted by molar-refractivity contribution is -0.578. The molecule has 0 aliphatic carbocycles. The van der Waals surface area contributed by atoms with Crippen molar-refractivity contribution in [2.45, 2.75) is 66.5 Å². The number of carbonyl (C=O) groups is 1. The fourth-order valence-electron chi connectivity index (χ4n) is 1.68. The van der Waals surface area contributed by atoms with E-state index in [4.69, 9.17) is 5.11 Å². The Morgan fingerprint density at radius 3 is 0.900 bits per heavy atom. The van der Waals surface area contributed by atoms with Crippen molar-refractivity contribution in [1.29, 1.82) is 0 Å². The average Bonchev–Trinajstić information content (AvgIpc) is 2.62. The summed E-state index contributed by atoms with van der Waals surface area (Å²) in [5.41, 5.74) is 0. The van der Waals surface area contributed by atoms with Gasteiger partial charge in [-0.25, -0.2) is 4.79 Å². The van der Waals surface area contributed by atoms with Gasteiger partial charge in [-0.3, -0.25) is 14.2 Å². The third kappa shape index (κ3) is 6.01. The van der Waals surface area contributed by atoms with Gasteiger partial charge in [0.1, 0.15) is 0 Å². The molecule has 0 rings (SSSR count). The molecule has 0 unspecified atom stereocenters. The molecule has 0 aromatic heterocycles. The summed E-state index contributed by atoms with van der Waals surface area (Å²) in [5, 5.41) is 7.92. The van der Waals surface area contributed by atoms with Gasteiger partial charge in [-0.05, 0) is 0 Å². The van der Waals surface area contributed by atoms with Crippen LogP contribution in [0.5, 0.6) is 0 Å². The standard InChI is InChI=1S/C12HF23O5/c13-2(1(36)37,6(18,19)20)38-11(32,33)4(16,8(24,25)26)40-12(34,35)5(17,9(27,28)29)39-10(30,31)3(14,15)7(21,22)23/h(H,36,37)/t2-,4+,5-/m0/s1. The monoisotopic (exact) mass is 662 g/mol. The number of hydrogen-bond acceptors (Lipinski definition) is 4. The molecule has 28 heteroatoms. The van der Waals surface area contributed by atoms with Gasteiger partial charge in [0.15, 0.2) is 0 Å². The Hall–Kier alpha value is -2.26. The first-order valence-corrected chi connectivity index (χ1v) is 8.00. The smallest absolute Gasteiger partial charge is 0.462 e. The van der Waals surface area contributed by atoms with Gasteiger partial charge in [0.05, 0.1) is 0 Å². The summed E-state index contributed by atoms with van der Waals surface area (Å²) in [6.07, 6.45) is -57.8. The van der Waals surface area contributed by atoms with E-state index in [2.05, 4.69) is 0 Å². The molecule has 40 heavy (non-hydrogen) atoms. The highest BCUT2D eigenvalue weighted by Gasteiger charge is 2.88. The van der Waals surface area contributed by atoms with Gasteiger partial charge >= 0.3 is 72.5 Å². The fourth-order valence-corrected chi connectivity index (χ4v) is 1.68. The number of alkyl halides is 23. The van der Waals surface area contributed by atoms with Crippen LogP contribution in [0.15, 0.2) is 0 Å². The first kappa shape index (κ1) is 37.7. The summed E-state index contributed by atoms with van der Waals surface area (Å²) in [6.45, 7) is 0. The van der Waals surface area contributed by atoms with E-state index in [0.717, 1.165) is 9.47 Å². The molecule has 0 saturated carbocycles. The lowest BCUT2D eigenvalue weighted by Crippen LogP contribution is -2.70. The van der Waals surface area contributed by atoms with Crippen LogP contribution in [0.2, 0.25) is 0 Å². The van der Waals surface area contributed by atoms with E-state index < -0.39 is 72.5 Å². The molecule has 0 aromatic carbocycles. The maximum absolute atomic E-state index is 14.0. The number of carboxylic acid groups (broad SMARTS) is 1. The minimum absolute atomic E-state index is 0.973. The van der Waals surface area contributed by atoms with Crippen LogP contribution in [0.4, 0.5) is 101 Å². The molecular weight excluding hydrogens is 661 g/mol. The lowest BCUT2D eigenvalue weighted by Gasteiger charge is -2.42. The number of ether oxygens (including phenoxy) is 3. The van der Waals surface area contributed by atoms with Crippen molar-refractivity contribution >= 4 is 5.97 Å². The van der Waals surface area contributed by atoms with Crippen LogP contribution in [0.3, 0.4) is 0 Å². The maximum atomic E-state index is 14.0. The largest absolute Gasteiger partial charge is 0.477 e. The Labute approximate surface area is 199 Å². The third-order valence-corrected chi connectivity index (χ3v) is 3.65. The van der Waals surface area contributed by atoms with Crippen molar-refractivity contribution < 1.29 is 125 Å². The molecule has 0 radical (unpaired) electrons. The SMILES string of the molecule is O=C(O)[C@](F)(OC(F)(F)[C@](F)(OC(F)(F)[C@@](F)(OC(F)(F)C(F)(F)C(F)(F)F)C(F)(F)F)C(F)(F)F)C(F)(F)F. The normalized spacial score (nSPS) is 20.0. The van der Waals surface area contributed by atoms with Crippen LogP contribution < -0.4 is 0 Å². The number of rotatable bonds is 10. The van der Waals surface area contributed by atoms with Crippen LogP contribution in [0.25, 0.3) is 0 Å². The minimum atomic E-state index is -8.77. The molecule has 3 atom stereocenters. The van der Waals surface area contributed by atoms with Crippen molar-refractivity contribution in [3.63, 3.8) is 0 Å². The van der Waals surface area contributed by atoms with Crippen LogP contribution >= 0.6 is 0 Å². The quantitative estimate of drug-likeness (QED) is 0.262. The molecule has 5 nitrogen and oxygen atoms in total. The van der Waals surface area contributed by atoms with Gasteiger partial charge in [-0.15, -0.1) is 0 Å². The second kappa shape index (κ2) is 9.65. The van der Waals surface area contributed by atoms with E-state index in [1.807, 2.05) is 0 Å². The molecule has 0 heterocycles. The Bertz CT molecular complexity index is 930. The summed E-state index contributed by atoms with van der Waals surface area (Å²) in [7, 11) is 0. The van der Waals surface area contributed by atoms with Crippen LogP contribution in [-0.2, 0) is 19.0 Å². The number of aliphatic carboxylic acids is 1.